The summed E-state index contributed by atoms with van der Waals surface area (Å²) in [6, 6.07) is 9.49. The van der Waals surface area contributed by atoms with Gasteiger partial charge in [-0.25, -0.2) is 9.79 Å². The number of carbonyl (C=O) groups excluding carboxylic acids is 1. The van der Waals surface area contributed by atoms with Crippen LogP contribution in [0.3, 0.4) is 0 Å². The summed E-state index contributed by atoms with van der Waals surface area (Å²) in [5, 5.41) is 10.8. The monoisotopic (exact) mass is 370 g/mol. The number of benzene rings is 1. The fourth-order valence-corrected chi connectivity index (χ4v) is 2.49. The van der Waals surface area contributed by atoms with Crippen molar-refractivity contribution in [3.63, 3.8) is 0 Å². The van der Waals surface area contributed by atoms with Gasteiger partial charge in [0.15, 0.2) is 5.69 Å². The van der Waals surface area contributed by atoms with E-state index in [-0.39, 0.29) is 18.6 Å². The lowest BCUT2D eigenvalue weighted by atomic mass is 10.0. The first-order valence-electron chi connectivity index (χ1n) is 8.87. The van der Waals surface area contributed by atoms with Crippen LogP contribution < -0.4 is 11.0 Å². The van der Waals surface area contributed by atoms with Crippen molar-refractivity contribution in [2.24, 2.45) is 10.9 Å². The number of esters is 1. The molecule has 1 heterocycles. The lowest BCUT2D eigenvalue weighted by molar-refractivity contribution is 0.0513. The summed E-state index contributed by atoms with van der Waals surface area (Å²) in [5.74, 6) is -0.322. The molecule has 2 N–H and O–H groups in total. The Morgan fingerprint density at radius 1 is 1.41 bits per heavy atom. The van der Waals surface area contributed by atoms with Crippen LogP contribution in [0.1, 0.15) is 36.8 Å². The van der Waals surface area contributed by atoms with E-state index in [2.05, 4.69) is 16.9 Å². The number of oxazole rings is 1. The van der Waals surface area contributed by atoms with Gasteiger partial charge in [-0.2, -0.15) is 0 Å². The maximum Gasteiger partial charge on any atom is 0.358 e. The summed E-state index contributed by atoms with van der Waals surface area (Å²) >= 11 is 0. The largest absolute Gasteiger partial charge is 0.461 e. The Morgan fingerprint density at radius 2 is 2.11 bits per heavy atom. The lowest BCUT2D eigenvalue weighted by Crippen LogP contribution is -2.32. The minimum absolute atomic E-state index is 0.177. The number of amidine groups is 1. The van der Waals surface area contributed by atoms with Gasteiger partial charge in [0.25, 0.3) is 5.68 Å². The van der Waals surface area contributed by atoms with Crippen LogP contribution in [0.25, 0.3) is 0 Å². The predicted molar refractivity (Wildman–Crippen MR) is 103 cm³/mol. The summed E-state index contributed by atoms with van der Waals surface area (Å²) < 4.78 is 12.4. The molecule has 7 nitrogen and oxygen atoms in total. The molecule has 7 heteroatoms. The third-order valence-electron chi connectivity index (χ3n) is 4.22. The second-order valence-corrected chi connectivity index (χ2v) is 6.12. The molecule has 0 saturated heterocycles. The number of hydrogen-bond acceptors (Lipinski definition) is 5. The predicted octanol–water partition coefficient (Wildman–Crippen LogP) is 2.94. The van der Waals surface area contributed by atoms with Gasteiger partial charge in [-0.3, -0.25) is 9.98 Å². The van der Waals surface area contributed by atoms with Crippen LogP contribution in [-0.2, 0) is 11.3 Å². The zero-order valence-corrected chi connectivity index (χ0v) is 15.9. The normalized spacial score (nSPS) is 13.7. The molecule has 2 rings (SSSR count). The molecular formula is C20H26N4O3. The Balaban J connectivity index is 2.41. The Bertz CT molecular complexity index is 852. The van der Waals surface area contributed by atoms with Crippen molar-refractivity contribution in [3.05, 3.63) is 66.3 Å². The molecule has 0 fully saturated rings. The molecule has 144 valence electrons. The first-order chi connectivity index (χ1) is 13.0. The molecule has 2 aromatic rings. The van der Waals surface area contributed by atoms with Crippen molar-refractivity contribution >= 4 is 11.8 Å². The van der Waals surface area contributed by atoms with Crippen LogP contribution >= 0.6 is 0 Å². The van der Waals surface area contributed by atoms with Crippen molar-refractivity contribution in [1.29, 1.82) is 5.41 Å². The Kier molecular flexibility index (Phi) is 7.16. The van der Waals surface area contributed by atoms with E-state index in [4.69, 9.17) is 14.6 Å². The SMILES string of the molecule is C=CNC(=N)C(C)C(C)/N=c1\occ(C(=O)OCC)n1Cc1ccccc1. The van der Waals surface area contributed by atoms with E-state index in [0.29, 0.717) is 23.8 Å². The molecule has 0 aliphatic carbocycles. The third-order valence-corrected chi connectivity index (χ3v) is 4.22. The van der Waals surface area contributed by atoms with Gasteiger partial charge in [0.05, 0.1) is 19.2 Å². The highest BCUT2D eigenvalue weighted by Crippen LogP contribution is 2.09. The van der Waals surface area contributed by atoms with Crippen LogP contribution in [0.15, 0.2) is 58.8 Å². The number of aromatic nitrogens is 1. The third kappa shape index (κ3) is 5.20. The number of hydrogen-bond donors (Lipinski definition) is 2. The summed E-state index contributed by atoms with van der Waals surface area (Å²) in [5.41, 5.74) is 1.62. The topological polar surface area (TPSA) is 92.6 Å². The van der Waals surface area contributed by atoms with Gasteiger partial charge in [-0.15, -0.1) is 0 Å². The highest BCUT2D eigenvalue weighted by atomic mass is 16.5. The number of nitrogens with one attached hydrogen (secondary N) is 2. The molecule has 1 aromatic carbocycles. The van der Waals surface area contributed by atoms with E-state index in [1.54, 1.807) is 11.5 Å². The molecule has 0 spiro atoms. The summed E-state index contributed by atoms with van der Waals surface area (Å²) in [6.45, 7) is 9.81. The molecule has 1 aromatic heterocycles. The standard InChI is InChI=1S/C20H26N4O3/c1-5-22-18(21)14(3)15(4)23-20-24(12-16-10-8-7-9-11-16)17(13-27-20)19(25)26-6-2/h5,7-11,13-15H,1,6,12H2,2-4H3,(H2,21,22)/b23-20-. The number of nitrogens with zero attached hydrogens (tertiary/aromatic N) is 2. The lowest BCUT2D eigenvalue weighted by Gasteiger charge is -2.16. The van der Waals surface area contributed by atoms with E-state index in [1.807, 2.05) is 44.2 Å². The van der Waals surface area contributed by atoms with Gasteiger partial charge in [-0.1, -0.05) is 43.8 Å². The molecule has 0 aliphatic rings. The highest BCUT2D eigenvalue weighted by molar-refractivity contribution is 5.87. The van der Waals surface area contributed by atoms with Crippen LogP contribution in [0, 0.1) is 11.3 Å². The quantitative estimate of drug-likeness (QED) is 0.424. The molecule has 2 atom stereocenters. The second kappa shape index (κ2) is 9.56. The Morgan fingerprint density at radius 3 is 2.74 bits per heavy atom. The molecule has 0 radical (unpaired) electrons. The fourth-order valence-electron chi connectivity index (χ4n) is 2.49. The molecule has 0 amide bonds. The van der Waals surface area contributed by atoms with Gasteiger partial charge in [0.2, 0.25) is 0 Å². The van der Waals surface area contributed by atoms with Crippen LogP contribution in [0.4, 0.5) is 0 Å². The van der Waals surface area contributed by atoms with Gasteiger partial charge in [-0.05, 0) is 25.6 Å². The summed E-state index contributed by atoms with van der Waals surface area (Å²) in [6.07, 6.45) is 2.83. The maximum atomic E-state index is 12.3. The first kappa shape index (κ1) is 20.2. The number of carbonyl (C=O) groups is 1. The average Bonchev–Trinajstić information content (AvgIpc) is 3.04. The number of ether oxygens (including phenoxy) is 1. The Labute approximate surface area is 158 Å². The maximum absolute atomic E-state index is 12.3. The van der Waals surface area contributed by atoms with Gasteiger partial charge < -0.3 is 14.5 Å². The number of rotatable bonds is 8. The minimum atomic E-state index is -0.458. The van der Waals surface area contributed by atoms with E-state index in [9.17, 15) is 4.79 Å². The summed E-state index contributed by atoms with van der Waals surface area (Å²) in [4.78, 5) is 16.9. The fraction of sp³-hybridized carbons (Fsp3) is 0.350. The molecule has 27 heavy (non-hydrogen) atoms. The van der Waals surface area contributed by atoms with Crippen molar-refractivity contribution < 1.29 is 13.9 Å². The molecule has 0 aliphatic heterocycles. The molecular weight excluding hydrogens is 344 g/mol. The van der Waals surface area contributed by atoms with Crippen molar-refractivity contribution in [3.8, 4) is 0 Å². The van der Waals surface area contributed by atoms with Gasteiger partial charge in [0, 0.05) is 5.92 Å². The van der Waals surface area contributed by atoms with Crippen LogP contribution in [0.2, 0.25) is 0 Å². The van der Waals surface area contributed by atoms with Crippen molar-refractivity contribution in [1.82, 2.24) is 9.88 Å². The van der Waals surface area contributed by atoms with Gasteiger partial charge >= 0.3 is 5.97 Å². The smallest absolute Gasteiger partial charge is 0.358 e. The van der Waals surface area contributed by atoms with Gasteiger partial charge in [0.1, 0.15) is 12.1 Å². The molecule has 2 unspecified atom stereocenters. The molecule has 0 bridgehead atoms. The first-order valence-corrected chi connectivity index (χ1v) is 8.87. The van der Waals surface area contributed by atoms with E-state index >= 15 is 0 Å². The van der Waals surface area contributed by atoms with Crippen LogP contribution in [0.5, 0.6) is 0 Å². The van der Waals surface area contributed by atoms with Crippen molar-refractivity contribution in [2.75, 3.05) is 6.61 Å². The van der Waals surface area contributed by atoms with E-state index < -0.39 is 5.97 Å². The van der Waals surface area contributed by atoms with E-state index in [0.717, 1.165) is 5.56 Å². The zero-order chi connectivity index (χ0) is 19.8. The van der Waals surface area contributed by atoms with Crippen LogP contribution in [-0.4, -0.2) is 29.0 Å². The van der Waals surface area contributed by atoms with Crippen molar-refractivity contribution in [2.45, 2.75) is 33.4 Å². The van der Waals surface area contributed by atoms with E-state index in [1.165, 1.54) is 12.5 Å². The summed E-state index contributed by atoms with van der Waals surface area (Å²) in [7, 11) is 0. The second-order valence-electron chi connectivity index (χ2n) is 6.12. The Hall–Kier alpha value is -3.09. The highest BCUT2D eigenvalue weighted by Gasteiger charge is 2.20. The molecule has 0 saturated carbocycles. The zero-order valence-electron chi connectivity index (χ0n) is 15.9. The average molecular weight is 370 g/mol. The minimum Gasteiger partial charge on any atom is -0.461 e.